The maximum Gasteiger partial charge on any atom is 0.0431 e. The summed E-state index contributed by atoms with van der Waals surface area (Å²) in [6.07, 6.45) is 10.1. The SMILES string of the molecule is CCC=CCCCCCO. The van der Waals surface area contributed by atoms with Gasteiger partial charge in [0.25, 0.3) is 0 Å². The Morgan fingerprint density at radius 1 is 1.10 bits per heavy atom. The second kappa shape index (κ2) is 8.70. The van der Waals surface area contributed by atoms with Crippen LogP contribution in [0.2, 0.25) is 0 Å². The molecule has 0 saturated heterocycles. The molecule has 60 valence electrons. The summed E-state index contributed by atoms with van der Waals surface area (Å²) in [5, 5.41) is 8.45. The number of rotatable bonds is 6. The van der Waals surface area contributed by atoms with E-state index in [9.17, 15) is 0 Å². The van der Waals surface area contributed by atoms with Crippen molar-refractivity contribution in [3.63, 3.8) is 0 Å². The third kappa shape index (κ3) is 7.70. The van der Waals surface area contributed by atoms with Crippen LogP contribution in [0.25, 0.3) is 0 Å². The third-order valence-electron chi connectivity index (χ3n) is 1.43. The molecule has 10 heavy (non-hydrogen) atoms. The zero-order valence-corrected chi connectivity index (χ0v) is 6.84. The van der Waals surface area contributed by atoms with Crippen LogP contribution < -0.4 is 0 Å². The second-order valence-electron chi connectivity index (χ2n) is 2.45. The standard InChI is InChI=1S/C9H18O/c1-2-3-4-5-6-7-8-9-10/h3-4,10H,2,5-9H2,1H3. The summed E-state index contributed by atoms with van der Waals surface area (Å²) >= 11 is 0. The van der Waals surface area contributed by atoms with Crippen LogP contribution in [-0.4, -0.2) is 11.7 Å². The van der Waals surface area contributed by atoms with Crippen LogP contribution >= 0.6 is 0 Å². The average molecular weight is 142 g/mol. The van der Waals surface area contributed by atoms with Gasteiger partial charge in [-0.15, -0.1) is 0 Å². The molecule has 0 aromatic rings. The Morgan fingerprint density at radius 2 is 1.90 bits per heavy atom. The van der Waals surface area contributed by atoms with Crippen LogP contribution in [0.4, 0.5) is 0 Å². The molecular weight excluding hydrogens is 124 g/mol. The minimum Gasteiger partial charge on any atom is -0.396 e. The Labute approximate surface area is 63.8 Å². The van der Waals surface area contributed by atoms with E-state index in [0.717, 1.165) is 19.3 Å². The summed E-state index contributed by atoms with van der Waals surface area (Å²) in [4.78, 5) is 0. The average Bonchev–Trinajstić information content (AvgIpc) is 1.97. The molecule has 1 N–H and O–H groups in total. The van der Waals surface area contributed by atoms with Crippen molar-refractivity contribution in [2.75, 3.05) is 6.61 Å². The van der Waals surface area contributed by atoms with Crippen LogP contribution in [0, 0.1) is 0 Å². The van der Waals surface area contributed by atoms with Crippen LogP contribution in [-0.2, 0) is 0 Å². The molecule has 0 aliphatic carbocycles. The molecule has 1 nitrogen and oxygen atoms in total. The summed E-state index contributed by atoms with van der Waals surface area (Å²) in [5.74, 6) is 0. The first-order chi connectivity index (χ1) is 4.91. The lowest BCUT2D eigenvalue weighted by molar-refractivity contribution is 0.283. The monoisotopic (exact) mass is 142 g/mol. The van der Waals surface area contributed by atoms with Gasteiger partial charge >= 0.3 is 0 Å². The number of aliphatic hydroxyl groups is 1. The first-order valence-corrected chi connectivity index (χ1v) is 4.17. The van der Waals surface area contributed by atoms with Gasteiger partial charge < -0.3 is 5.11 Å². The van der Waals surface area contributed by atoms with E-state index >= 15 is 0 Å². The molecule has 0 aliphatic rings. The highest BCUT2D eigenvalue weighted by molar-refractivity contribution is 4.79. The summed E-state index contributed by atoms with van der Waals surface area (Å²) in [5.41, 5.74) is 0. The van der Waals surface area contributed by atoms with Crippen molar-refractivity contribution in [3.05, 3.63) is 12.2 Å². The molecule has 1 heteroatoms. The van der Waals surface area contributed by atoms with Crippen LogP contribution in [0.1, 0.15) is 39.0 Å². The van der Waals surface area contributed by atoms with Gasteiger partial charge in [-0.05, 0) is 25.7 Å². The Morgan fingerprint density at radius 3 is 2.50 bits per heavy atom. The summed E-state index contributed by atoms with van der Waals surface area (Å²) in [6, 6.07) is 0. The van der Waals surface area contributed by atoms with Crippen molar-refractivity contribution in [3.8, 4) is 0 Å². The van der Waals surface area contributed by atoms with Gasteiger partial charge in [0.15, 0.2) is 0 Å². The quantitative estimate of drug-likeness (QED) is 0.446. The maximum atomic E-state index is 8.45. The summed E-state index contributed by atoms with van der Waals surface area (Å²) < 4.78 is 0. The Hall–Kier alpha value is -0.300. The molecule has 0 aromatic heterocycles. The fourth-order valence-corrected chi connectivity index (χ4v) is 0.835. The fraction of sp³-hybridized carbons (Fsp3) is 0.778. The van der Waals surface area contributed by atoms with Gasteiger partial charge in [-0.2, -0.15) is 0 Å². The van der Waals surface area contributed by atoms with Crippen molar-refractivity contribution in [1.82, 2.24) is 0 Å². The molecule has 0 aliphatic heterocycles. The van der Waals surface area contributed by atoms with Gasteiger partial charge in [0.2, 0.25) is 0 Å². The molecule has 0 amide bonds. The molecule has 0 heterocycles. The van der Waals surface area contributed by atoms with Gasteiger partial charge in [-0.1, -0.05) is 25.5 Å². The number of allylic oxidation sites excluding steroid dienone is 2. The molecule has 0 bridgehead atoms. The zero-order chi connectivity index (χ0) is 7.66. The second-order valence-corrected chi connectivity index (χ2v) is 2.45. The van der Waals surface area contributed by atoms with Crippen molar-refractivity contribution in [1.29, 1.82) is 0 Å². The highest BCUT2D eigenvalue weighted by atomic mass is 16.2. The van der Waals surface area contributed by atoms with E-state index in [1.807, 2.05) is 0 Å². The molecule has 0 atom stereocenters. The van der Waals surface area contributed by atoms with E-state index in [1.165, 1.54) is 12.8 Å². The minimum absolute atomic E-state index is 0.345. The van der Waals surface area contributed by atoms with Gasteiger partial charge in [0, 0.05) is 6.61 Å². The molecule has 0 saturated carbocycles. The van der Waals surface area contributed by atoms with E-state index in [4.69, 9.17) is 5.11 Å². The predicted molar refractivity (Wildman–Crippen MR) is 45.0 cm³/mol. The zero-order valence-electron chi connectivity index (χ0n) is 6.84. The number of unbranched alkanes of at least 4 members (excludes halogenated alkanes) is 3. The lowest BCUT2D eigenvalue weighted by Crippen LogP contribution is -1.81. The third-order valence-corrected chi connectivity index (χ3v) is 1.43. The highest BCUT2D eigenvalue weighted by Gasteiger charge is 1.83. The molecule has 0 unspecified atom stereocenters. The van der Waals surface area contributed by atoms with E-state index < -0.39 is 0 Å². The van der Waals surface area contributed by atoms with Gasteiger partial charge in [-0.3, -0.25) is 0 Å². The van der Waals surface area contributed by atoms with Crippen molar-refractivity contribution in [2.24, 2.45) is 0 Å². The molecule has 0 aromatic carbocycles. The van der Waals surface area contributed by atoms with Gasteiger partial charge in [0.1, 0.15) is 0 Å². The molecule has 0 spiro atoms. The van der Waals surface area contributed by atoms with E-state index in [0.29, 0.717) is 6.61 Å². The topological polar surface area (TPSA) is 20.2 Å². The number of aliphatic hydroxyl groups excluding tert-OH is 1. The van der Waals surface area contributed by atoms with Gasteiger partial charge in [-0.25, -0.2) is 0 Å². The molecule has 0 rings (SSSR count). The lowest BCUT2D eigenvalue weighted by Gasteiger charge is -1.92. The Bertz CT molecular complexity index is 76.8. The van der Waals surface area contributed by atoms with E-state index in [1.54, 1.807) is 0 Å². The minimum atomic E-state index is 0.345. The fourth-order valence-electron chi connectivity index (χ4n) is 0.835. The number of hydrogen-bond donors (Lipinski definition) is 1. The van der Waals surface area contributed by atoms with Crippen LogP contribution in [0.3, 0.4) is 0 Å². The van der Waals surface area contributed by atoms with Gasteiger partial charge in [0.05, 0.1) is 0 Å². The molecule has 0 fully saturated rings. The first kappa shape index (κ1) is 9.70. The maximum absolute atomic E-state index is 8.45. The Balaban J connectivity index is 2.83. The van der Waals surface area contributed by atoms with E-state index in [2.05, 4.69) is 19.1 Å². The Kier molecular flexibility index (Phi) is 8.44. The summed E-state index contributed by atoms with van der Waals surface area (Å²) in [6.45, 7) is 2.49. The lowest BCUT2D eigenvalue weighted by atomic mass is 10.2. The van der Waals surface area contributed by atoms with Crippen molar-refractivity contribution >= 4 is 0 Å². The van der Waals surface area contributed by atoms with E-state index in [-0.39, 0.29) is 0 Å². The van der Waals surface area contributed by atoms with Crippen LogP contribution in [0.15, 0.2) is 12.2 Å². The smallest absolute Gasteiger partial charge is 0.0431 e. The predicted octanol–water partition coefficient (Wildman–Crippen LogP) is 2.51. The number of hydrogen-bond acceptors (Lipinski definition) is 1. The van der Waals surface area contributed by atoms with Crippen molar-refractivity contribution in [2.45, 2.75) is 39.0 Å². The normalized spacial score (nSPS) is 11.0. The molecular formula is C9H18O. The van der Waals surface area contributed by atoms with Crippen LogP contribution in [0.5, 0.6) is 0 Å². The highest BCUT2D eigenvalue weighted by Crippen LogP contribution is 1.99. The first-order valence-electron chi connectivity index (χ1n) is 4.17. The largest absolute Gasteiger partial charge is 0.396 e. The van der Waals surface area contributed by atoms with Crippen molar-refractivity contribution < 1.29 is 5.11 Å². The summed E-state index contributed by atoms with van der Waals surface area (Å²) in [7, 11) is 0. The molecule has 0 radical (unpaired) electrons.